The first-order valence-corrected chi connectivity index (χ1v) is 7.38. The molecule has 0 radical (unpaired) electrons. The van der Waals surface area contributed by atoms with E-state index in [1.807, 2.05) is 0 Å². The van der Waals surface area contributed by atoms with Gasteiger partial charge in [-0.3, -0.25) is 14.2 Å². The lowest BCUT2D eigenvalue weighted by Crippen LogP contribution is -2.26. The van der Waals surface area contributed by atoms with Crippen molar-refractivity contribution in [2.75, 3.05) is 7.11 Å². The molecule has 7 heteroatoms. The third kappa shape index (κ3) is 3.25. The lowest BCUT2D eigenvalue weighted by molar-refractivity contribution is 0.0977. The van der Waals surface area contributed by atoms with Crippen LogP contribution in [-0.2, 0) is 4.84 Å². The minimum Gasteiger partial charge on any atom is -0.398 e. The first kappa shape index (κ1) is 16.4. The van der Waals surface area contributed by atoms with Crippen LogP contribution < -0.4 is 10.9 Å². The Balaban J connectivity index is 2.20. The molecule has 3 aromatic rings. The zero-order valence-corrected chi connectivity index (χ0v) is 13.3. The summed E-state index contributed by atoms with van der Waals surface area (Å²) in [6.07, 6.45) is 2.54. The van der Waals surface area contributed by atoms with Gasteiger partial charge in [-0.15, -0.1) is 0 Å². The molecule has 3 rings (SSSR count). The van der Waals surface area contributed by atoms with E-state index in [1.54, 1.807) is 24.3 Å². The topological polar surface area (TPSA) is 72.7 Å². The van der Waals surface area contributed by atoms with Gasteiger partial charge in [0.05, 0.1) is 5.56 Å². The summed E-state index contributed by atoms with van der Waals surface area (Å²) in [5.74, 6) is -0.862. The van der Waals surface area contributed by atoms with Crippen LogP contribution in [0.5, 0.6) is 0 Å². The monoisotopic (exact) mass is 339 g/mol. The fourth-order valence-electron chi connectivity index (χ4n) is 2.48. The number of aromatic nitrogens is 1. The van der Waals surface area contributed by atoms with Crippen LogP contribution >= 0.6 is 0 Å². The fourth-order valence-corrected chi connectivity index (χ4v) is 2.48. The Morgan fingerprint density at radius 1 is 1.16 bits per heavy atom. The number of fused-ring (bicyclic) bond motifs is 1. The molecule has 1 N–H and O–H groups in total. The zero-order chi connectivity index (χ0) is 17.8. The van der Waals surface area contributed by atoms with E-state index < -0.39 is 11.7 Å². The van der Waals surface area contributed by atoms with Gasteiger partial charge in [0, 0.05) is 22.7 Å². The number of amides is 1. The summed E-state index contributed by atoms with van der Waals surface area (Å²) in [5.41, 5.74) is 0.433. The lowest BCUT2D eigenvalue weighted by atomic mass is 10.1. The molecule has 25 heavy (non-hydrogen) atoms. The Kier molecular flexibility index (Phi) is 4.56. The van der Waals surface area contributed by atoms with Crippen LogP contribution in [0.2, 0.25) is 0 Å². The summed E-state index contributed by atoms with van der Waals surface area (Å²) in [6.45, 7) is 0. The van der Waals surface area contributed by atoms with Gasteiger partial charge in [0.2, 0.25) is 0 Å². The Labute approximate surface area is 142 Å². The molecule has 0 saturated carbocycles. The molecule has 0 fully saturated rings. The predicted molar refractivity (Wildman–Crippen MR) is 92.5 cm³/mol. The van der Waals surface area contributed by atoms with E-state index in [9.17, 15) is 14.0 Å². The molecule has 1 aromatic heterocycles. The number of hydrogen-bond donors (Lipinski definition) is 1. The largest absolute Gasteiger partial charge is 0.398 e. The summed E-state index contributed by atoms with van der Waals surface area (Å²) < 4.78 is 14.5. The smallest absolute Gasteiger partial charge is 0.262 e. The van der Waals surface area contributed by atoms with Crippen molar-refractivity contribution >= 4 is 23.0 Å². The van der Waals surface area contributed by atoms with Crippen molar-refractivity contribution in [3.8, 4) is 5.69 Å². The first-order chi connectivity index (χ1) is 12.1. The highest BCUT2D eigenvalue weighted by atomic mass is 19.1. The van der Waals surface area contributed by atoms with E-state index in [-0.39, 0.29) is 11.1 Å². The number of nitrogens with zero attached hydrogens (tertiary/aromatic N) is 2. The Morgan fingerprint density at radius 3 is 2.52 bits per heavy atom. The van der Waals surface area contributed by atoms with E-state index in [2.05, 4.69) is 15.3 Å². The molecule has 0 saturated heterocycles. The molecule has 2 aromatic carbocycles. The predicted octanol–water partition coefficient (Wildman–Crippen LogP) is 2.45. The van der Waals surface area contributed by atoms with Crippen LogP contribution in [0.3, 0.4) is 0 Å². The fraction of sp³-hybridized carbons (Fsp3) is 0.0556. The summed E-state index contributed by atoms with van der Waals surface area (Å²) in [5, 5.41) is 6.81. The number of benzene rings is 2. The lowest BCUT2D eigenvalue weighted by Gasteiger charge is -2.11. The number of hydrogen-bond acceptors (Lipinski definition) is 4. The maximum absolute atomic E-state index is 13.2. The second-order valence-corrected chi connectivity index (χ2v) is 5.13. The van der Waals surface area contributed by atoms with Gasteiger partial charge in [0.25, 0.3) is 11.5 Å². The summed E-state index contributed by atoms with van der Waals surface area (Å²) >= 11 is 0. The van der Waals surface area contributed by atoms with Crippen molar-refractivity contribution in [3.63, 3.8) is 0 Å². The Morgan fingerprint density at radius 2 is 1.84 bits per heavy atom. The Hall–Kier alpha value is -3.48. The van der Waals surface area contributed by atoms with Gasteiger partial charge in [0.15, 0.2) is 0 Å². The molecule has 1 amide bonds. The maximum Gasteiger partial charge on any atom is 0.262 e. The second kappa shape index (κ2) is 6.96. The Bertz CT molecular complexity index is 1010. The molecule has 0 bridgehead atoms. The van der Waals surface area contributed by atoms with Gasteiger partial charge >= 0.3 is 0 Å². The number of rotatable bonds is 4. The van der Waals surface area contributed by atoms with Crippen molar-refractivity contribution in [2.24, 2.45) is 5.16 Å². The van der Waals surface area contributed by atoms with Crippen LogP contribution in [0.1, 0.15) is 10.4 Å². The molecule has 0 aliphatic carbocycles. The molecule has 1 heterocycles. The number of carbonyl (C=O) groups excluding carboxylic acids is 1. The average Bonchev–Trinajstić information content (AvgIpc) is 2.63. The number of pyridine rings is 1. The molecule has 0 aliphatic heterocycles. The van der Waals surface area contributed by atoms with Crippen molar-refractivity contribution in [2.45, 2.75) is 0 Å². The van der Waals surface area contributed by atoms with E-state index >= 15 is 0 Å². The summed E-state index contributed by atoms with van der Waals surface area (Å²) in [6, 6.07) is 12.2. The number of nitrogens with one attached hydrogen (secondary N) is 1. The summed E-state index contributed by atoms with van der Waals surface area (Å²) in [4.78, 5) is 29.7. The normalized spacial score (nSPS) is 11.0. The van der Waals surface area contributed by atoms with Crippen molar-refractivity contribution in [1.29, 1.82) is 0 Å². The van der Waals surface area contributed by atoms with Crippen LogP contribution in [-0.4, -0.2) is 23.9 Å². The van der Waals surface area contributed by atoms with Crippen molar-refractivity contribution in [3.05, 3.63) is 76.5 Å². The number of halogens is 1. The first-order valence-electron chi connectivity index (χ1n) is 7.38. The molecule has 0 spiro atoms. The quantitative estimate of drug-likeness (QED) is 0.451. The van der Waals surface area contributed by atoms with Gasteiger partial charge < -0.3 is 10.2 Å². The molecular weight excluding hydrogens is 325 g/mol. The SMILES string of the molecule is CON=CNC(=O)c1cn(-c2ccc(F)cc2)c(=O)c2ccccc12. The third-order valence-electron chi connectivity index (χ3n) is 3.63. The van der Waals surface area contributed by atoms with Gasteiger partial charge in [-0.25, -0.2) is 4.39 Å². The molecule has 0 atom stereocenters. The van der Waals surface area contributed by atoms with Gasteiger partial charge in [-0.05, 0) is 30.3 Å². The van der Waals surface area contributed by atoms with E-state index in [0.717, 1.165) is 6.34 Å². The van der Waals surface area contributed by atoms with Crippen LogP contribution in [0.15, 0.2) is 64.7 Å². The van der Waals surface area contributed by atoms with Crippen LogP contribution in [0.4, 0.5) is 4.39 Å². The number of carbonyl (C=O) groups is 1. The third-order valence-corrected chi connectivity index (χ3v) is 3.63. The molecule has 0 unspecified atom stereocenters. The highest BCUT2D eigenvalue weighted by Gasteiger charge is 2.15. The minimum atomic E-state index is -0.451. The van der Waals surface area contributed by atoms with Crippen LogP contribution in [0, 0.1) is 5.82 Å². The van der Waals surface area contributed by atoms with Crippen molar-refractivity contribution < 1.29 is 14.0 Å². The van der Waals surface area contributed by atoms with E-state index in [0.29, 0.717) is 16.5 Å². The molecular formula is C18H14FN3O3. The second-order valence-electron chi connectivity index (χ2n) is 5.13. The average molecular weight is 339 g/mol. The summed E-state index contributed by atoms with van der Waals surface area (Å²) in [7, 11) is 1.35. The number of oxime groups is 1. The highest BCUT2D eigenvalue weighted by Crippen LogP contribution is 2.17. The van der Waals surface area contributed by atoms with Gasteiger partial charge in [-0.1, -0.05) is 23.4 Å². The zero-order valence-electron chi connectivity index (χ0n) is 13.3. The molecule has 126 valence electrons. The van der Waals surface area contributed by atoms with Gasteiger partial charge in [-0.2, -0.15) is 0 Å². The van der Waals surface area contributed by atoms with Crippen molar-refractivity contribution in [1.82, 2.24) is 9.88 Å². The van der Waals surface area contributed by atoms with E-state index in [4.69, 9.17) is 0 Å². The maximum atomic E-state index is 13.2. The standard InChI is InChI=1S/C18H14FN3O3/c1-25-21-11-20-17(23)16-10-22(13-8-6-12(19)7-9-13)18(24)15-5-3-2-4-14(15)16/h2-11H,1H3,(H,20,21,23). The molecule has 0 aliphatic rings. The highest BCUT2D eigenvalue weighted by molar-refractivity contribution is 6.09. The van der Waals surface area contributed by atoms with Gasteiger partial charge in [0.1, 0.15) is 19.3 Å². The molecule has 6 nitrogen and oxygen atoms in total. The van der Waals surface area contributed by atoms with E-state index in [1.165, 1.54) is 42.1 Å². The van der Waals surface area contributed by atoms with Crippen LogP contribution in [0.25, 0.3) is 16.5 Å². The minimum absolute atomic E-state index is 0.280.